The zero-order chi connectivity index (χ0) is 22.1. The maximum Gasteiger partial charge on any atom is 0.321 e. The van der Waals surface area contributed by atoms with E-state index in [9.17, 15) is 14.4 Å². The van der Waals surface area contributed by atoms with Crippen molar-refractivity contribution in [2.75, 3.05) is 36.4 Å². The number of piperazine rings is 1. The smallest absolute Gasteiger partial charge is 0.321 e. The van der Waals surface area contributed by atoms with Gasteiger partial charge in [0.15, 0.2) is 0 Å². The van der Waals surface area contributed by atoms with Crippen molar-refractivity contribution < 1.29 is 14.4 Å². The molecule has 2 aromatic rings. The second-order valence-corrected chi connectivity index (χ2v) is 8.49. The second-order valence-electron chi connectivity index (χ2n) is 8.49. The fourth-order valence-electron chi connectivity index (χ4n) is 4.77. The van der Waals surface area contributed by atoms with Gasteiger partial charge >= 0.3 is 6.03 Å². The number of carbonyl (C=O) groups is 3. The molecular weight excluding hydrogens is 408 g/mol. The monoisotopic (exact) mass is 434 g/mol. The normalized spacial score (nSPS) is 19.3. The minimum Gasteiger partial charge on any atom is -0.337 e. The van der Waals surface area contributed by atoms with Gasteiger partial charge in [-0.2, -0.15) is 0 Å². The number of anilines is 2. The molecule has 1 aliphatic carbocycles. The van der Waals surface area contributed by atoms with Crippen molar-refractivity contribution in [3.05, 3.63) is 47.8 Å². The van der Waals surface area contributed by atoms with Crippen LogP contribution in [0.4, 0.5) is 16.4 Å². The standard InChI is InChI=1S/C23H26N6O3/c30-20-18-8-7-16(15-19(18)21(31)29(20)17-5-2-1-3-6-17)26-23(32)28-13-11-27(12-14-28)22-24-9-4-10-25-22/h4,7-10,15,17H,1-3,5-6,11-14H2,(H,26,32). The molecule has 0 spiro atoms. The molecule has 4 amide bonds. The van der Waals surface area contributed by atoms with Crippen LogP contribution in [0.15, 0.2) is 36.7 Å². The number of hydrogen-bond donors (Lipinski definition) is 1. The third-order valence-corrected chi connectivity index (χ3v) is 6.51. The lowest BCUT2D eigenvalue weighted by Crippen LogP contribution is -2.50. The lowest BCUT2D eigenvalue weighted by Gasteiger charge is -2.34. The minimum atomic E-state index is -0.246. The van der Waals surface area contributed by atoms with E-state index in [2.05, 4.69) is 15.3 Å². The number of hydrogen-bond acceptors (Lipinski definition) is 6. The number of imide groups is 1. The Morgan fingerprint density at radius 3 is 2.31 bits per heavy atom. The number of urea groups is 1. The average Bonchev–Trinajstić information content (AvgIpc) is 3.09. The van der Waals surface area contributed by atoms with Crippen molar-refractivity contribution in [1.29, 1.82) is 0 Å². The molecule has 1 N–H and O–H groups in total. The molecule has 1 aromatic carbocycles. The molecule has 9 heteroatoms. The summed E-state index contributed by atoms with van der Waals surface area (Å²) >= 11 is 0. The Morgan fingerprint density at radius 1 is 0.906 bits per heavy atom. The highest BCUT2D eigenvalue weighted by Crippen LogP contribution is 2.32. The van der Waals surface area contributed by atoms with Gasteiger partial charge in [0.25, 0.3) is 11.8 Å². The molecule has 166 valence electrons. The molecule has 9 nitrogen and oxygen atoms in total. The van der Waals surface area contributed by atoms with E-state index in [1.807, 2.05) is 4.90 Å². The van der Waals surface area contributed by atoms with Gasteiger partial charge < -0.3 is 15.1 Å². The first-order chi connectivity index (χ1) is 15.6. The lowest BCUT2D eigenvalue weighted by molar-refractivity contribution is 0.0549. The number of benzene rings is 1. The van der Waals surface area contributed by atoms with Crippen LogP contribution in [0.2, 0.25) is 0 Å². The van der Waals surface area contributed by atoms with E-state index in [1.165, 1.54) is 4.90 Å². The van der Waals surface area contributed by atoms with E-state index < -0.39 is 0 Å². The summed E-state index contributed by atoms with van der Waals surface area (Å²) in [6, 6.07) is 6.51. The SMILES string of the molecule is O=C(Nc1ccc2c(c1)C(=O)N(C1CCCCC1)C2=O)N1CCN(c2ncccn2)CC1. The number of nitrogens with one attached hydrogen (secondary N) is 1. The lowest BCUT2D eigenvalue weighted by atomic mass is 9.94. The number of rotatable bonds is 3. The average molecular weight is 435 g/mol. The topological polar surface area (TPSA) is 98.7 Å². The van der Waals surface area contributed by atoms with Crippen molar-refractivity contribution in [1.82, 2.24) is 19.8 Å². The summed E-state index contributed by atoms with van der Waals surface area (Å²) in [7, 11) is 0. The Bertz CT molecular complexity index is 1030. The summed E-state index contributed by atoms with van der Waals surface area (Å²) in [4.78, 5) is 52.3. The van der Waals surface area contributed by atoms with E-state index in [4.69, 9.17) is 0 Å². The summed E-state index contributed by atoms with van der Waals surface area (Å²) in [5, 5.41) is 2.88. The first-order valence-corrected chi connectivity index (χ1v) is 11.2. The number of aromatic nitrogens is 2. The van der Waals surface area contributed by atoms with Crippen LogP contribution in [0, 0.1) is 0 Å². The van der Waals surface area contributed by atoms with E-state index in [0.717, 1.165) is 32.1 Å². The molecule has 0 radical (unpaired) electrons. The number of nitrogens with zero attached hydrogens (tertiary/aromatic N) is 5. The maximum absolute atomic E-state index is 13.0. The van der Waals surface area contributed by atoms with Crippen LogP contribution in [0.1, 0.15) is 52.8 Å². The molecule has 0 unspecified atom stereocenters. The number of carbonyl (C=O) groups excluding carboxylic acids is 3. The molecule has 1 saturated carbocycles. The van der Waals surface area contributed by atoms with E-state index in [1.54, 1.807) is 41.6 Å². The first-order valence-electron chi connectivity index (χ1n) is 11.2. The summed E-state index contributed by atoms with van der Waals surface area (Å²) < 4.78 is 0. The Balaban J connectivity index is 1.23. The third-order valence-electron chi connectivity index (χ3n) is 6.51. The molecule has 32 heavy (non-hydrogen) atoms. The Kier molecular flexibility index (Phi) is 5.46. The van der Waals surface area contributed by atoms with Gasteiger partial charge in [-0.15, -0.1) is 0 Å². The first kappa shape index (κ1) is 20.4. The van der Waals surface area contributed by atoms with E-state index in [0.29, 0.717) is 48.9 Å². The van der Waals surface area contributed by atoms with Gasteiger partial charge in [0.2, 0.25) is 5.95 Å². The Labute approximate surface area is 186 Å². The number of fused-ring (bicyclic) bond motifs is 1. The van der Waals surface area contributed by atoms with Crippen LogP contribution < -0.4 is 10.2 Å². The third kappa shape index (κ3) is 3.79. The highest BCUT2D eigenvalue weighted by Gasteiger charge is 2.40. The molecule has 1 saturated heterocycles. The van der Waals surface area contributed by atoms with Crippen LogP contribution in [-0.4, -0.2) is 69.8 Å². The van der Waals surface area contributed by atoms with Crippen molar-refractivity contribution in [2.24, 2.45) is 0 Å². The van der Waals surface area contributed by atoms with Crippen LogP contribution in [-0.2, 0) is 0 Å². The molecule has 1 aromatic heterocycles. The summed E-state index contributed by atoms with van der Waals surface area (Å²) in [5.74, 6) is 0.204. The van der Waals surface area contributed by atoms with Gasteiger partial charge in [0.05, 0.1) is 11.1 Å². The van der Waals surface area contributed by atoms with Crippen LogP contribution in [0.25, 0.3) is 0 Å². The highest BCUT2D eigenvalue weighted by molar-refractivity contribution is 6.22. The molecule has 3 aliphatic rings. The highest BCUT2D eigenvalue weighted by atomic mass is 16.2. The largest absolute Gasteiger partial charge is 0.337 e. The number of amides is 4. The van der Waals surface area contributed by atoms with E-state index in [-0.39, 0.29) is 23.9 Å². The quantitative estimate of drug-likeness (QED) is 0.746. The molecule has 0 bridgehead atoms. The zero-order valence-corrected chi connectivity index (χ0v) is 17.9. The van der Waals surface area contributed by atoms with E-state index >= 15 is 0 Å². The van der Waals surface area contributed by atoms with Crippen LogP contribution >= 0.6 is 0 Å². The fraction of sp³-hybridized carbons (Fsp3) is 0.435. The van der Waals surface area contributed by atoms with Crippen LogP contribution in [0.5, 0.6) is 0 Å². The van der Waals surface area contributed by atoms with Crippen molar-refractivity contribution in [3.63, 3.8) is 0 Å². The Hall–Kier alpha value is -3.49. The zero-order valence-electron chi connectivity index (χ0n) is 17.9. The van der Waals surface area contributed by atoms with Gasteiger partial charge in [0.1, 0.15) is 0 Å². The Morgan fingerprint density at radius 2 is 1.59 bits per heavy atom. The predicted molar refractivity (Wildman–Crippen MR) is 119 cm³/mol. The molecule has 2 fully saturated rings. The molecule has 5 rings (SSSR count). The molecule has 2 aliphatic heterocycles. The second kappa shape index (κ2) is 8.57. The maximum atomic E-state index is 13.0. The van der Waals surface area contributed by atoms with Gasteiger partial charge in [0, 0.05) is 50.3 Å². The van der Waals surface area contributed by atoms with Crippen molar-refractivity contribution in [3.8, 4) is 0 Å². The van der Waals surface area contributed by atoms with Gasteiger partial charge in [-0.05, 0) is 37.1 Å². The van der Waals surface area contributed by atoms with Gasteiger partial charge in [-0.3, -0.25) is 14.5 Å². The fourth-order valence-corrected chi connectivity index (χ4v) is 4.77. The summed E-state index contributed by atoms with van der Waals surface area (Å²) in [6.45, 7) is 2.37. The summed E-state index contributed by atoms with van der Waals surface area (Å²) in [5.41, 5.74) is 1.33. The van der Waals surface area contributed by atoms with Crippen LogP contribution in [0.3, 0.4) is 0 Å². The molecule has 0 atom stereocenters. The summed E-state index contributed by atoms with van der Waals surface area (Å²) in [6.07, 6.45) is 8.39. The molecular formula is C23H26N6O3. The van der Waals surface area contributed by atoms with Crippen molar-refractivity contribution in [2.45, 2.75) is 38.1 Å². The van der Waals surface area contributed by atoms with Crippen molar-refractivity contribution >= 4 is 29.5 Å². The predicted octanol–water partition coefficient (Wildman–Crippen LogP) is 2.76. The molecule has 3 heterocycles. The van der Waals surface area contributed by atoms with Gasteiger partial charge in [-0.25, -0.2) is 14.8 Å². The van der Waals surface area contributed by atoms with Gasteiger partial charge in [-0.1, -0.05) is 19.3 Å². The minimum absolute atomic E-state index is 0.0147.